The maximum atomic E-state index is 12.5. The molecule has 1 aromatic heterocycles. The summed E-state index contributed by atoms with van der Waals surface area (Å²) in [7, 11) is 1.59. The molecule has 0 saturated carbocycles. The lowest BCUT2D eigenvalue weighted by atomic mass is 9.97. The minimum absolute atomic E-state index is 0.0781. The van der Waals surface area contributed by atoms with Gasteiger partial charge in [0, 0.05) is 11.7 Å². The Kier molecular flexibility index (Phi) is 5.19. The Morgan fingerprint density at radius 3 is 2.64 bits per heavy atom. The normalized spacial score (nSPS) is 13.8. The Bertz CT molecular complexity index is 679. The molecule has 22 heavy (non-hydrogen) atoms. The first kappa shape index (κ1) is 16.5. The summed E-state index contributed by atoms with van der Waals surface area (Å²) in [5.41, 5.74) is 0.964. The zero-order chi connectivity index (χ0) is 16.3. The van der Waals surface area contributed by atoms with E-state index in [2.05, 4.69) is 0 Å². The molecular formula is C17H21NO3S. The number of thiophene rings is 1. The number of carboxylic acid groups (broad SMARTS) is 1. The van der Waals surface area contributed by atoms with Crippen LogP contribution in [0.4, 0.5) is 0 Å². The van der Waals surface area contributed by atoms with Crippen molar-refractivity contribution in [2.75, 3.05) is 7.05 Å². The molecule has 5 heteroatoms. The third-order valence-electron chi connectivity index (χ3n) is 4.15. The van der Waals surface area contributed by atoms with Crippen LogP contribution in [-0.2, 0) is 16.0 Å². The van der Waals surface area contributed by atoms with Crippen LogP contribution in [0.5, 0.6) is 0 Å². The molecule has 1 amide bonds. The van der Waals surface area contributed by atoms with Gasteiger partial charge < -0.3 is 10.0 Å². The van der Waals surface area contributed by atoms with E-state index in [0.29, 0.717) is 0 Å². The maximum absolute atomic E-state index is 12.5. The lowest BCUT2D eigenvalue weighted by Crippen LogP contribution is -2.46. The molecule has 2 aromatic rings. The second-order valence-corrected chi connectivity index (χ2v) is 6.52. The predicted molar refractivity (Wildman–Crippen MR) is 89.2 cm³/mol. The van der Waals surface area contributed by atoms with Crippen LogP contribution in [0.15, 0.2) is 29.6 Å². The molecule has 0 aliphatic rings. The smallest absolute Gasteiger partial charge is 0.326 e. The molecule has 2 atom stereocenters. The van der Waals surface area contributed by atoms with Gasteiger partial charge in [-0.15, -0.1) is 11.3 Å². The van der Waals surface area contributed by atoms with E-state index in [0.717, 1.165) is 22.1 Å². The van der Waals surface area contributed by atoms with E-state index < -0.39 is 12.0 Å². The van der Waals surface area contributed by atoms with Crippen molar-refractivity contribution in [1.29, 1.82) is 0 Å². The largest absolute Gasteiger partial charge is 0.480 e. The Balaban J connectivity index is 2.18. The highest BCUT2D eigenvalue weighted by atomic mass is 32.1. The van der Waals surface area contributed by atoms with Crippen LogP contribution in [0.25, 0.3) is 10.1 Å². The van der Waals surface area contributed by atoms with Gasteiger partial charge in [-0.1, -0.05) is 38.5 Å². The fourth-order valence-corrected chi connectivity index (χ4v) is 3.59. The van der Waals surface area contributed by atoms with Gasteiger partial charge in [0.05, 0.1) is 6.42 Å². The third kappa shape index (κ3) is 3.30. The summed E-state index contributed by atoms with van der Waals surface area (Å²) in [6, 6.07) is 7.17. The van der Waals surface area contributed by atoms with Gasteiger partial charge in [0.2, 0.25) is 5.91 Å². The minimum Gasteiger partial charge on any atom is -0.480 e. The van der Waals surface area contributed by atoms with Gasteiger partial charge in [-0.3, -0.25) is 4.79 Å². The van der Waals surface area contributed by atoms with Gasteiger partial charge in [0.15, 0.2) is 0 Å². The number of carbonyl (C=O) groups excluding carboxylic acids is 1. The first-order chi connectivity index (χ1) is 10.5. The number of carboxylic acids is 1. The van der Waals surface area contributed by atoms with Crippen molar-refractivity contribution < 1.29 is 14.7 Å². The van der Waals surface area contributed by atoms with Crippen molar-refractivity contribution in [3.8, 4) is 0 Å². The number of rotatable bonds is 6. The molecule has 0 spiro atoms. The van der Waals surface area contributed by atoms with Crippen LogP contribution < -0.4 is 0 Å². The molecule has 2 rings (SSSR count). The number of nitrogens with zero attached hydrogens (tertiary/aromatic N) is 1. The van der Waals surface area contributed by atoms with E-state index in [9.17, 15) is 14.7 Å². The Hall–Kier alpha value is -1.88. The van der Waals surface area contributed by atoms with E-state index in [4.69, 9.17) is 0 Å². The second-order valence-electron chi connectivity index (χ2n) is 5.61. The fourth-order valence-electron chi connectivity index (χ4n) is 2.63. The highest BCUT2D eigenvalue weighted by Gasteiger charge is 2.31. The number of hydrogen-bond acceptors (Lipinski definition) is 3. The molecule has 0 aliphatic heterocycles. The van der Waals surface area contributed by atoms with Gasteiger partial charge >= 0.3 is 5.97 Å². The molecule has 0 aliphatic carbocycles. The van der Waals surface area contributed by atoms with E-state index in [1.54, 1.807) is 18.4 Å². The average molecular weight is 319 g/mol. The molecule has 0 bridgehead atoms. The van der Waals surface area contributed by atoms with Crippen molar-refractivity contribution in [2.24, 2.45) is 5.92 Å². The first-order valence-corrected chi connectivity index (χ1v) is 8.27. The van der Waals surface area contributed by atoms with Gasteiger partial charge in [-0.05, 0) is 28.3 Å². The van der Waals surface area contributed by atoms with E-state index in [1.165, 1.54) is 4.90 Å². The Morgan fingerprint density at radius 1 is 1.32 bits per heavy atom. The molecule has 118 valence electrons. The van der Waals surface area contributed by atoms with Gasteiger partial charge in [-0.2, -0.15) is 0 Å². The first-order valence-electron chi connectivity index (χ1n) is 7.39. The summed E-state index contributed by atoms with van der Waals surface area (Å²) < 4.78 is 1.14. The molecule has 1 aromatic carbocycles. The highest BCUT2D eigenvalue weighted by Crippen LogP contribution is 2.26. The molecule has 1 unspecified atom stereocenters. The number of fused-ring (bicyclic) bond motifs is 1. The van der Waals surface area contributed by atoms with Crippen molar-refractivity contribution in [3.63, 3.8) is 0 Å². The minimum atomic E-state index is -0.944. The Morgan fingerprint density at radius 2 is 2.00 bits per heavy atom. The topological polar surface area (TPSA) is 57.6 Å². The summed E-state index contributed by atoms with van der Waals surface area (Å²) >= 11 is 1.61. The number of likely N-dealkylation sites (N-methyl/N-ethyl adjacent to an activating group) is 1. The number of aliphatic carboxylic acids is 1. The fraction of sp³-hybridized carbons (Fsp3) is 0.412. The predicted octanol–water partition coefficient (Wildman–Crippen LogP) is 3.40. The second kappa shape index (κ2) is 6.92. The van der Waals surface area contributed by atoms with Crippen LogP contribution >= 0.6 is 11.3 Å². The number of carbonyl (C=O) groups is 2. The monoisotopic (exact) mass is 319 g/mol. The van der Waals surface area contributed by atoms with Crippen LogP contribution in [0.2, 0.25) is 0 Å². The molecule has 0 fully saturated rings. The molecule has 0 saturated heterocycles. The zero-order valence-electron chi connectivity index (χ0n) is 13.1. The van der Waals surface area contributed by atoms with Crippen molar-refractivity contribution in [3.05, 3.63) is 35.2 Å². The van der Waals surface area contributed by atoms with Crippen LogP contribution in [0.1, 0.15) is 25.8 Å². The standard InChI is InChI=1S/C17H21NO3S/c1-4-11(2)16(17(20)21)18(3)15(19)9-12-10-22-14-8-6-5-7-13(12)14/h5-8,10-11,16H,4,9H2,1-3H3,(H,20,21)/t11-,16?/m0/s1. The van der Waals surface area contributed by atoms with E-state index in [-0.39, 0.29) is 18.2 Å². The van der Waals surface area contributed by atoms with E-state index in [1.807, 2.05) is 43.5 Å². The lowest BCUT2D eigenvalue weighted by molar-refractivity contribution is -0.151. The highest BCUT2D eigenvalue weighted by molar-refractivity contribution is 7.17. The van der Waals surface area contributed by atoms with Crippen LogP contribution in [0.3, 0.4) is 0 Å². The zero-order valence-corrected chi connectivity index (χ0v) is 13.9. The molecule has 1 N–H and O–H groups in total. The van der Waals surface area contributed by atoms with Gasteiger partial charge in [0.1, 0.15) is 6.04 Å². The summed E-state index contributed by atoms with van der Waals surface area (Å²) in [4.78, 5) is 25.3. The van der Waals surface area contributed by atoms with Crippen LogP contribution in [-0.4, -0.2) is 35.0 Å². The molecular weight excluding hydrogens is 298 g/mol. The van der Waals surface area contributed by atoms with Crippen molar-refractivity contribution in [1.82, 2.24) is 4.90 Å². The van der Waals surface area contributed by atoms with Gasteiger partial charge in [0.25, 0.3) is 0 Å². The average Bonchev–Trinajstić information content (AvgIpc) is 2.90. The molecule has 1 heterocycles. The number of hydrogen-bond donors (Lipinski definition) is 1. The summed E-state index contributed by atoms with van der Waals surface area (Å²) in [5, 5.41) is 12.5. The lowest BCUT2D eigenvalue weighted by Gasteiger charge is -2.29. The Labute approximate surface area is 134 Å². The summed E-state index contributed by atoms with van der Waals surface area (Å²) in [6.45, 7) is 3.80. The SMILES string of the molecule is CC[C@H](C)C(C(=O)O)N(C)C(=O)Cc1csc2ccccc12. The quantitative estimate of drug-likeness (QED) is 0.888. The molecule has 4 nitrogen and oxygen atoms in total. The number of amides is 1. The third-order valence-corrected chi connectivity index (χ3v) is 5.16. The summed E-state index contributed by atoms with van der Waals surface area (Å²) in [5.74, 6) is -1.18. The van der Waals surface area contributed by atoms with E-state index >= 15 is 0 Å². The van der Waals surface area contributed by atoms with Gasteiger partial charge in [-0.25, -0.2) is 4.79 Å². The summed E-state index contributed by atoms with van der Waals surface area (Å²) in [6.07, 6.45) is 0.955. The van der Waals surface area contributed by atoms with Crippen LogP contribution in [0, 0.1) is 5.92 Å². The maximum Gasteiger partial charge on any atom is 0.326 e. The number of benzene rings is 1. The molecule has 0 radical (unpaired) electrons. The van der Waals surface area contributed by atoms with Crippen molar-refractivity contribution >= 4 is 33.3 Å². The van der Waals surface area contributed by atoms with Crippen molar-refractivity contribution in [2.45, 2.75) is 32.7 Å².